The molecule has 1 aromatic carbocycles. The summed E-state index contributed by atoms with van der Waals surface area (Å²) in [6, 6.07) is 11.6. The number of amides is 1. The lowest BCUT2D eigenvalue weighted by atomic mass is 9.99. The fourth-order valence-corrected chi connectivity index (χ4v) is 4.26. The smallest absolute Gasteiger partial charge is 0.252 e. The topological polar surface area (TPSA) is 72.9 Å². The van der Waals surface area contributed by atoms with Crippen molar-refractivity contribution in [3.05, 3.63) is 59.9 Å². The number of nitrogens with zero attached hydrogens (tertiary/aromatic N) is 2. The molecule has 0 radical (unpaired) electrons. The van der Waals surface area contributed by atoms with Gasteiger partial charge in [0.05, 0.1) is 32.0 Å². The van der Waals surface area contributed by atoms with Gasteiger partial charge in [-0.1, -0.05) is 18.2 Å². The molecule has 7 heteroatoms. The van der Waals surface area contributed by atoms with Crippen LogP contribution in [0.15, 0.2) is 48.8 Å². The first-order chi connectivity index (χ1) is 14.7. The number of ether oxygens (including phenoxy) is 3. The molecule has 30 heavy (non-hydrogen) atoms. The molecule has 1 aromatic heterocycles. The molecule has 2 fully saturated rings. The molecule has 2 aromatic rings. The predicted octanol–water partition coefficient (Wildman–Crippen LogP) is 2.27. The van der Waals surface area contributed by atoms with Crippen LogP contribution < -0.4 is 10.1 Å². The van der Waals surface area contributed by atoms with Gasteiger partial charge in [0.2, 0.25) is 0 Å². The van der Waals surface area contributed by atoms with E-state index in [1.807, 2.05) is 18.2 Å². The number of rotatable bonds is 6. The van der Waals surface area contributed by atoms with Gasteiger partial charge in [-0.15, -0.1) is 0 Å². The van der Waals surface area contributed by atoms with Gasteiger partial charge in [-0.2, -0.15) is 0 Å². The largest absolute Gasteiger partial charge is 0.496 e. The first kappa shape index (κ1) is 20.8. The second-order valence-electron chi connectivity index (χ2n) is 7.99. The minimum Gasteiger partial charge on any atom is -0.496 e. The molecule has 0 unspecified atom stereocenters. The van der Waals surface area contributed by atoms with E-state index in [9.17, 15) is 4.79 Å². The Morgan fingerprint density at radius 2 is 2.23 bits per heavy atom. The molecule has 3 heterocycles. The summed E-state index contributed by atoms with van der Waals surface area (Å²) in [4.78, 5) is 18.7. The van der Waals surface area contributed by atoms with Crippen molar-refractivity contribution in [3.8, 4) is 5.75 Å². The van der Waals surface area contributed by atoms with Gasteiger partial charge in [-0.3, -0.25) is 14.7 Å². The zero-order valence-electron chi connectivity index (χ0n) is 17.4. The Morgan fingerprint density at radius 3 is 3.07 bits per heavy atom. The lowest BCUT2D eigenvalue weighted by Crippen LogP contribution is -2.45. The number of benzene rings is 1. The third kappa shape index (κ3) is 4.98. The Hall–Kier alpha value is -2.48. The van der Waals surface area contributed by atoms with E-state index in [-0.39, 0.29) is 17.6 Å². The normalized spacial score (nSPS) is 24.5. The monoisotopic (exact) mass is 411 g/mol. The summed E-state index contributed by atoms with van der Waals surface area (Å²) < 4.78 is 17.9. The van der Waals surface area contributed by atoms with Gasteiger partial charge in [-0.05, 0) is 31.0 Å². The first-order valence-electron chi connectivity index (χ1n) is 10.5. The highest BCUT2D eigenvalue weighted by molar-refractivity contribution is 5.93. The number of hydrogen-bond acceptors (Lipinski definition) is 6. The van der Waals surface area contributed by atoms with E-state index in [1.54, 1.807) is 31.6 Å². The van der Waals surface area contributed by atoms with Gasteiger partial charge in [0.25, 0.3) is 5.91 Å². The third-order valence-corrected chi connectivity index (χ3v) is 5.77. The Labute approximate surface area is 177 Å². The summed E-state index contributed by atoms with van der Waals surface area (Å²) in [5.74, 6) is 0.780. The number of carbonyl (C=O) groups excluding carboxylic acids is 1. The Balaban J connectivity index is 1.35. The van der Waals surface area contributed by atoms with E-state index < -0.39 is 0 Å². The molecule has 2 aliphatic heterocycles. The van der Waals surface area contributed by atoms with Gasteiger partial charge < -0.3 is 19.5 Å². The molecular weight excluding hydrogens is 382 g/mol. The number of methoxy groups -OCH3 is 1. The minimum absolute atomic E-state index is 0.0135. The van der Waals surface area contributed by atoms with Crippen molar-refractivity contribution >= 4 is 5.91 Å². The Morgan fingerprint density at radius 1 is 1.33 bits per heavy atom. The zero-order valence-corrected chi connectivity index (χ0v) is 17.4. The van der Waals surface area contributed by atoms with Crippen LogP contribution in [0.4, 0.5) is 0 Å². The van der Waals surface area contributed by atoms with E-state index >= 15 is 0 Å². The SMILES string of the molecule is COc1ccccc1CN1CCOC[C@]2(CC[C@H](CNC(=O)c3cccnc3)O2)C1. The fraction of sp³-hybridized carbons (Fsp3) is 0.478. The second kappa shape index (κ2) is 9.55. The van der Waals surface area contributed by atoms with E-state index in [0.717, 1.165) is 43.8 Å². The number of nitrogens with one attached hydrogen (secondary N) is 1. The number of para-hydroxylation sites is 1. The van der Waals surface area contributed by atoms with Crippen LogP contribution in [-0.4, -0.2) is 67.5 Å². The molecule has 0 saturated carbocycles. The maximum Gasteiger partial charge on any atom is 0.252 e. The Bertz CT molecular complexity index is 847. The molecule has 160 valence electrons. The van der Waals surface area contributed by atoms with Gasteiger partial charge in [0.15, 0.2) is 0 Å². The standard InChI is InChI=1S/C23H29N3O4/c1-28-21-7-3-2-5-19(21)15-26-11-12-29-17-23(16-26)9-8-20(30-23)14-25-22(27)18-6-4-10-24-13-18/h2-7,10,13,20H,8-9,11-12,14-17H2,1H3,(H,25,27)/t20-,23+/m1/s1. The van der Waals surface area contributed by atoms with Crippen LogP contribution in [0.1, 0.15) is 28.8 Å². The van der Waals surface area contributed by atoms with Crippen molar-refractivity contribution in [3.63, 3.8) is 0 Å². The molecule has 7 nitrogen and oxygen atoms in total. The first-order valence-corrected chi connectivity index (χ1v) is 10.5. The molecule has 1 amide bonds. The van der Waals surface area contributed by atoms with Crippen molar-refractivity contribution in [2.75, 3.05) is 40.0 Å². The van der Waals surface area contributed by atoms with E-state index in [2.05, 4.69) is 21.3 Å². The lowest BCUT2D eigenvalue weighted by Gasteiger charge is -2.32. The summed E-state index contributed by atoms with van der Waals surface area (Å²) in [7, 11) is 1.70. The molecule has 0 bridgehead atoms. The molecule has 1 N–H and O–H groups in total. The number of hydrogen-bond donors (Lipinski definition) is 1. The maximum absolute atomic E-state index is 12.3. The molecule has 1 spiro atoms. The van der Waals surface area contributed by atoms with Crippen LogP contribution in [0, 0.1) is 0 Å². The van der Waals surface area contributed by atoms with Crippen molar-refractivity contribution in [1.29, 1.82) is 0 Å². The summed E-state index contributed by atoms with van der Waals surface area (Å²) in [6.07, 6.45) is 5.03. The average molecular weight is 412 g/mol. The van der Waals surface area contributed by atoms with Crippen molar-refractivity contribution in [2.45, 2.75) is 31.1 Å². The summed E-state index contributed by atoms with van der Waals surface area (Å²) in [5.41, 5.74) is 1.39. The fourth-order valence-electron chi connectivity index (χ4n) is 4.26. The quantitative estimate of drug-likeness (QED) is 0.786. The van der Waals surface area contributed by atoms with Crippen LogP contribution in [0.25, 0.3) is 0 Å². The average Bonchev–Trinajstić information content (AvgIpc) is 3.07. The number of pyridine rings is 1. The van der Waals surface area contributed by atoms with Crippen LogP contribution in [0.5, 0.6) is 5.75 Å². The van der Waals surface area contributed by atoms with Crippen LogP contribution >= 0.6 is 0 Å². The summed E-state index contributed by atoms with van der Waals surface area (Å²) >= 11 is 0. The minimum atomic E-state index is -0.331. The molecule has 2 atom stereocenters. The molecule has 0 aliphatic carbocycles. The van der Waals surface area contributed by atoms with Gasteiger partial charge in [0, 0.05) is 44.1 Å². The predicted molar refractivity (Wildman–Crippen MR) is 112 cm³/mol. The zero-order chi connectivity index (χ0) is 20.8. The molecular formula is C23H29N3O4. The van der Waals surface area contributed by atoms with E-state index in [1.165, 1.54) is 0 Å². The number of carbonyl (C=O) groups is 1. The van der Waals surface area contributed by atoms with E-state index in [0.29, 0.717) is 25.3 Å². The van der Waals surface area contributed by atoms with Crippen molar-refractivity contribution < 1.29 is 19.0 Å². The molecule has 2 aliphatic rings. The highest BCUT2D eigenvalue weighted by Crippen LogP contribution is 2.33. The van der Waals surface area contributed by atoms with Gasteiger partial charge in [-0.25, -0.2) is 0 Å². The molecule has 4 rings (SSSR count). The van der Waals surface area contributed by atoms with Crippen LogP contribution in [0.2, 0.25) is 0 Å². The lowest BCUT2D eigenvalue weighted by molar-refractivity contribution is -0.0849. The van der Waals surface area contributed by atoms with E-state index in [4.69, 9.17) is 14.2 Å². The Kier molecular flexibility index (Phi) is 6.62. The highest BCUT2D eigenvalue weighted by atomic mass is 16.6. The van der Waals surface area contributed by atoms with Crippen molar-refractivity contribution in [2.24, 2.45) is 0 Å². The summed E-state index contributed by atoms with van der Waals surface area (Å²) in [5, 5.41) is 2.97. The third-order valence-electron chi connectivity index (χ3n) is 5.77. The van der Waals surface area contributed by atoms with Crippen molar-refractivity contribution in [1.82, 2.24) is 15.2 Å². The maximum atomic E-state index is 12.3. The van der Waals surface area contributed by atoms with Gasteiger partial charge >= 0.3 is 0 Å². The van der Waals surface area contributed by atoms with Gasteiger partial charge in [0.1, 0.15) is 11.4 Å². The highest BCUT2D eigenvalue weighted by Gasteiger charge is 2.43. The van der Waals surface area contributed by atoms with Crippen LogP contribution in [0.3, 0.4) is 0 Å². The van der Waals surface area contributed by atoms with Crippen LogP contribution in [-0.2, 0) is 16.0 Å². The summed E-state index contributed by atoms with van der Waals surface area (Å²) in [6.45, 7) is 4.21. The second-order valence-corrected chi connectivity index (χ2v) is 7.99. The number of aromatic nitrogens is 1. The molecule has 2 saturated heterocycles.